The first kappa shape index (κ1) is 56.6. The summed E-state index contributed by atoms with van der Waals surface area (Å²) in [6, 6.07) is 25.9. The van der Waals surface area contributed by atoms with E-state index in [0.29, 0.717) is 0 Å². The molecule has 72 heavy (non-hydrogen) atoms. The molecular weight excluding hydrogens is 1040 g/mol. The highest BCUT2D eigenvalue weighted by molar-refractivity contribution is 6.00. The van der Waals surface area contributed by atoms with Gasteiger partial charge in [-0.1, -0.05) is 0 Å². The van der Waals surface area contributed by atoms with Crippen molar-refractivity contribution in [2.24, 2.45) is 28.2 Å². The predicted molar refractivity (Wildman–Crippen MR) is 205 cm³/mol. The van der Waals surface area contributed by atoms with Crippen LogP contribution in [0.25, 0.3) is 90.9 Å². The molecule has 0 radical (unpaired) electrons. The van der Waals surface area contributed by atoms with Crippen LogP contribution in [-0.2, 0) is 28.2 Å². The minimum absolute atomic E-state index is 0.867. The fourth-order valence-corrected chi connectivity index (χ4v) is 7.09. The van der Waals surface area contributed by atoms with Crippen LogP contribution in [0.2, 0.25) is 0 Å². The van der Waals surface area contributed by atoms with Crippen LogP contribution in [0.3, 0.4) is 0 Å². The summed E-state index contributed by atoms with van der Waals surface area (Å²) in [4.78, 5) is 18.4. The van der Waals surface area contributed by atoms with Crippen molar-refractivity contribution in [3.63, 3.8) is 0 Å². The van der Waals surface area contributed by atoms with Crippen molar-refractivity contribution < 1.29 is 134 Å². The van der Waals surface area contributed by atoms with E-state index < -0.39 is 41.0 Å². The molecule has 9 heterocycles. The van der Waals surface area contributed by atoms with Crippen LogP contribution in [0.15, 0.2) is 122 Å². The van der Waals surface area contributed by atoms with E-state index in [4.69, 9.17) is 84.5 Å². The van der Waals surface area contributed by atoms with Gasteiger partial charge in [0.15, 0.2) is 49.6 Å². The van der Waals surface area contributed by atoms with E-state index >= 15 is 0 Å². The highest BCUT2D eigenvalue weighted by Crippen LogP contribution is 2.38. The smallest absolute Gasteiger partial charge is 0.169 e. The average molecular weight is 1080 g/mol. The quantitative estimate of drug-likeness (QED) is 0.155. The number of H-pyrrole nitrogens is 2. The third kappa shape index (κ3) is 18.1. The lowest BCUT2D eigenvalue weighted by Gasteiger charge is -2.17. The molecule has 7 aromatic heterocycles. The molecular formula is C44H38Cl4N8O16. The Bertz CT molecular complexity index is 2990. The van der Waals surface area contributed by atoms with Crippen LogP contribution in [0.5, 0.6) is 0 Å². The van der Waals surface area contributed by atoms with Gasteiger partial charge in [0.2, 0.25) is 0 Å². The molecule has 0 spiro atoms. The number of nitrogens with zero attached hydrogens (tertiary/aromatic N) is 6. The molecule has 24 nitrogen and oxygen atoms in total. The predicted octanol–water partition coefficient (Wildman–Crippen LogP) is -12.4. The summed E-state index contributed by atoms with van der Waals surface area (Å²) in [5.74, 6) is 0. The maximum Gasteiger partial charge on any atom is 0.169 e. The fourth-order valence-electron chi connectivity index (χ4n) is 7.09. The molecule has 2 N–H and O–H groups in total. The van der Waals surface area contributed by atoms with Gasteiger partial charge in [0.25, 0.3) is 0 Å². The van der Waals surface area contributed by atoms with Crippen molar-refractivity contribution in [3.05, 3.63) is 145 Å². The number of rotatable bonds is 4. The molecule has 0 aliphatic carbocycles. The number of aryl methyl sites for hydroxylation is 4. The molecule has 0 amide bonds. The third-order valence-corrected chi connectivity index (χ3v) is 9.82. The van der Waals surface area contributed by atoms with Gasteiger partial charge in [0.05, 0.1) is 22.8 Å². The van der Waals surface area contributed by atoms with E-state index in [0.717, 1.165) is 89.4 Å². The van der Waals surface area contributed by atoms with E-state index in [1.54, 1.807) is 0 Å². The van der Waals surface area contributed by atoms with Crippen LogP contribution in [0.4, 0.5) is 0 Å². The Labute approximate surface area is 416 Å². The lowest BCUT2D eigenvalue weighted by atomic mass is 10.0. The first-order chi connectivity index (χ1) is 33.4. The second-order valence-electron chi connectivity index (χ2n) is 15.0. The Morgan fingerprint density at radius 3 is 0.708 bits per heavy atom. The molecule has 9 rings (SSSR count). The Morgan fingerprint density at radius 1 is 0.292 bits per heavy atom. The van der Waals surface area contributed by atoms with Crippen molar-refractivity contribution in [2.45, 2.75) is 0 Å². The van der Waals surface area contributed by atoms with Gasteiger partial charge in [-0.2, -0.15) is 0 Å². The number of hydrogen-bond acceptors (Lipinski definition) is 18. The molecule has 0 fully saturated rings. The van der Waals surface area contributed by atoms with Crippen LogP contribution >= 0.6 is 0 Å². The summed E-state index contributed by atoms with van der Waals surface area (Å²) in [6.07, 6.45) is 25.1. The van der Waals surface area contributed by atoms with Crippen LogP contribution in [-0.4, -0.2) is 19.9 Å². The number of pyridine rings is 4. The fraction of sp³-hybridized carbons (Fsp3) is 0.0909. The van der Waals surface area contributed by atoms with Gasteiger partial charge in [0.1, 0.15) is 28.2 Å². The summed E-state index contributed by atoms with van der Waals surface area (Å²) in [7, 11) is -11.6. The zero-order valence-electron chi connectivity index (χ0n) is 37.6. The summed E-state index contributed by atoms with van der Waals surface area (Å²) in [5.41, 5.74) is 15.9. The Morgan fingerprint density at radius 2 is 0.472 bits per heavy atom. The maximum atomic E-state index is 8.49. The second-order valence-corrected chi connectivity index (χ2v) is 18.0. The number of hydrogen-bond donors (Lipinski definition) is 2. The van der Waals surface area contributed by atoms with Crippen molar-refractivity contribution >= 4 is 46.4 Å². The van der Waals surface area contributed by atoms with Crippen molar-refractivity contribution in [1.82, 2.24) is 19.9 Å². The lowest BCUT2D eigenvalue weighted by molar-refractivity contribution is -2.00. The molecule has 0 saturated carbocycles. The van der Waals surface area contributed by atoms with Crippen molar-refractivity contribution in [2.75, 3.05) is 0 Å². The summed E-state index contributed by atoms with van der Waals surface area (Å²) < 4.78 is 144. The Balaban J connectivity index is 0.000000410. The minimum Gasteiger partial charge on any atom is -0.354 e. The highest BCUT2D eigenvalue weighted by atomic mass is 35.7. The van der Waals surface area contributed by atoms with Gasteiger partial charge in [-0.15, -0.1) is 41.0 Å². The topological polar surface area (TPSA) is 442 Å². The summed E-state index contributed by atoms with van der Waals surface area (Å²) in [6.45, 7) is 0. The lowest BCUT2D eigenvalue weighted by Crippen LogP contribution is -2.68. The molecule has 8 bridgehead atoms. The van der Waals surface area contributed by atoms with E-state index in [-0.39, 0.29) is 0 Å². The van der Waals surface area contributed by atoms with Crippen LogP contribution < -0.4 is 92.8 Å². The summed E-state index contributed by atoms with van der Waals surface area (Å²) in [5, 5.41) is 0. The molecule has 0 atom stereocenters. The first-order valence-corrected chi connectivity index (χ1v) is 24.8. The van der Waals surface area contributed by atoms with Gasteiger partial charge in [-0.25, -0.2) is 103 Å². The van der Waals surface area contributed by atoms with Crippen molar-refractivity contribution in [1.29, 1.82) is 0 Å². The number of aromatic amines is 2. The number of aromatic nitrogens is 8. The molecule has 0 aromatic carbocycles. The van der Waals surface area contributed by atoms with Gasteiger partial charge in [0, 0.05) is 92.9 Å². The van der Waals surface area contributed by atoms with E-state index in [9.17, 15) is 0 Å². The Kier molecular flexibility index (Phi) is 18.5. The molecule has 28 heteroatoms. The number of nitrogens with one attached hydrogen (secondary N) is 2. The van der Waals surface area contributed by atoms with Gasteiger partial charge < -0.3 is 9.97 Å². The molecule has 7 aromatic rings. The van der Waals surface area contributed by atoms with E-state index in [1.807, 2.05) is 41.9 Å². The standard InChI is InChI=1S/C44H37N8.4ClHO4/c1-49-21-13-29(14-22-49)41-33-5-7-35(45-33)42(30-15-23-50(2)24-16-30)37-9-11-39(47-37)44(32-19-27-52(4)28-20-32)40-12-10-38(48-40)43(36-8-6-34(41)46-36)31-17-25-51(3)26-18-31;4*2-1(3,4)5/h5-28H,1-4H3,(H,45,46,47,48);4*(H,2,3,4,5)/q+3;;;;/p-3. The molecule has 2 aliphatic rings. The monoisotopic (exact) mass is 1070 g/mol. The molecule has 378 valence electrons. The van der Waals surface area contributed by atoms with E-state index in [2.05, 4.69) is 161 Å². The van der Waals surface area contributed by atoms with Gasteiger partial charge in [-0.05, 0) is 70.8 Å². The summed E-state index contributed by atoms with van der Waals surface area (Å²) >= 11 is 0. The van der Waals surface area contributed by atoms with Crippen LogP contribution in [0, 0.1) is 41.0 Å². The normalized spacial score (nSPS) is 12.1. The minimum atomic E-state index is -4.94. The SMILES string of the molecule is C[n+]1ccc(-c2c3nc(c(-c4cc[n+](C)cc4)c4ccc([nH]4)c(-c4cc[n+](C)cc4)c4ccc([nH]4)c(-c4cc[n+](C)cc4)c4nc2C=C4)C=C3)cc1.[O-][Cl+3]([O-])([O-])[O-].[O-][Cl+3]([O-])([O-])[O-].[O-][Cl+3]([O-])([O-])[O-].[O-][Cl+3]([O-])([O-])[O-]. The largest absolute Gasteiger partial charge is 0.354 e. The molecule has 2 aliphatic heterocycles. The van der Waals surface area contributed by atoms with Crippen molar-refractivity contribution in [3.8, 4) is 44.5 Å². The average Bonchev–Trinajstić information content (AvgIpc) is 4.09. The first-order valence-electron chi connectivity index (χ1n) is 19.8. The highest BCUT2D eigenvalue weighted by Gasteiger charge is 2.20. The van der Waals surface area contributed by atoms with Gasteiger partial charge in [-0.3, -0.25) is 0 Å². The van der Waals surface area contributed by atoms with E-state index in [1.165, 1.54) is 0 Å². The second kappa shape index (κ2) is 23.5. The Hall–Kier alpha value is -6.28. The zero-order valence-corrected chi connectivity index (χ0v) is 40.6. The maximum absolute atomic E-state index is 8.49. The molecule has 0 saturated heterocycles. The van der Waals surface area contributed by atoms with Crippen LogP contribution in [0.1, 0.15) is 22.8 Å². The number of fused-ring (bicyclic) bond motifs is 8. The molecule has 0 unspecified atom stereocenters. The third-order valence-electron chi connectivity index (χ3n) is 9.82. The number of halogens is 4. The zero-order chi connectivity index (χ0) is 53.3. The van der Waals surface area contributed by atoms with Gasteiger partial charge >= 0.3 is 0 Å².